The molecule has 0 aliphatic heterocycles. The van der Waals surface area contributed by atoms with Gasteiger partial charge in [0, 0.05) is 19.6 Å². The van der Waals surface area contributed by atoms with Crippen LogP contribution in [0.1, 0.15) is 12.5 Å². The van der Waals surface area contributed by atoms with Gasteiger partial charge in [0.05, 0.1) is 0 Å². The lowest BCUT2D eigenvalue weighted by atomic mass is 10.2. The zero-order chi connectivity index (χ0) is 14.6. The Morgan fingerprint density at radius 3 is 2.42 bits per heavy atom. The van der Waals surface area contributed by atoms with Crippen LogP contribution in [0.4, 0.5) is 18.0 Å². The van der Waals surface area contributed by atoms with Crippen LogP contribution in [0, 0.1) is 17.5 Å². The molecule has 0 fully saturated rings. The van der Waals surface area contributed by atoms with E-state index in [1.54, 1.807) is 13.0 Å². The number of benzene rings is 1. The fourth-order valence-electron chi connectivity index (χ4n) is 1.41. The van der Waals surface area contributed by atoms with E-state index in [4.69, 9.17) is 0 Å². The Morgan fingerprint density at radius 1 is 1.42 bits per heavy atom. The third-order valence-corrected chi connectivity index (χ3v) is 2.51. The number of hydrogen-bond donors (Lipinski definition) is 1. The maximum Gasteiger partial charge on any atom is 0.317 e. The second-order valence-electron chi connectivity index (χ2n) is 4.20. The van der Waals surface area contributed by atoms with E-state index in [2.05, 4.69) is 11.9 Å². The first-order chi connectivity index (χ1) is 8.85. The van der Waals surface area contributed by atoms with Crippen LogP contribution < -0.4 is 5.32 Å². The first-order valence-corrected chi connectivity index (χ1v) is 5.62. The van der Waals surface area contributed by atoms with E-state index in [1.165, 1.54) is 11.9 Å². The molecule has 1 aromatic rings. The number of rotatable bonds is 4. The molecule has 0 radical (unpaired) electrons. The van der Waals surface area contributed by atoms with Crippen molar-refractivity contribution in [2.75, 3.05) is 7.05 Å². The van der Waals surface area contributed by atoms with Crippen molar-refractivity contribution in [3.63, 3.8) is 0 Å². The lowest BCUT2D eigenvalue weighted by molar-refractivity contribution is 0.205. The molecule has 1 aromatic carbocycles. The van der Waals surface area contributed by atoms with Crippen LogP contribution in [0.5, 0.6) is 0 Å². The summed E-state index contributed by atoms with van der Waals surface area (Å²) < 4.78 is 38.8. The van der Waals surface area contributed by atoms with Crippen molar-refractivity contribution in [3.8, 4) is 0 Å². The van der Waals surface area contributed by atoms with Crippen molar-refractivity contribution >= 4 is 6.03 Å². The standard InChI is InChI=1S/C13H15F3N2O/c1-4-8(2)17-13(19)18(3)7-9-5-10(14)12(16)11(15)6-9/h4-6,8H,1,7H2,2-3H3,(H,17,19)/t8-/m0/s1. The predicted molar refractivity (Wildman–Crippen MR) is 66.0 cm³/mol. The largest absolute Gasteiger partial charge is 0.332 e. The van der Waals surface area contributed by atoms with E-state index in [9.17, 15) is 18.0 Å². The minimum absolute atomic E-state index is 0.0379. The topological polar surface area (TPSA) is 32.3 Å². The van der Waals surface area contributed by atoms with Gasteiger partial charge in [0.25, 0.3) is 0 Å². The van der Waals surface area contributed by atoms with Crippen LogP contribution >= 0.6 is 0 Å². The normalized spacial score (nSPS) is 11.8. The summed E-state index contributed by atoms with van der Waals surface area (Å²) in [7, 11) is 1.46. The fourth-order valence-corrected chi connectivity index (χ4v) is 1.41. The van der Waals surface area contributed by atoms with E-state index in [-0.39, 0.29) is 18.2 Å². The summed E-state index contributed by atoms with van der Waals surface area (Å²) in [4.78, 5) is 12.9. The van der Waals surface area contributed by atoms with Crippen molar-refractivity contribution in [1.29, 1.82) is 0 Å². The maximum absolute atomic E-state index is 13.0. The summed E-state index contributed by atoms with van der Waals surface area (Å²) in [6.45, 7) is 5.21. The summed E-state index contributed by atoms with van der Waals surface area (Å²) in [6, 6.07) is 1.08. The van der Waals surface area contributed by atoms with Crippen molar-refractivity contribution in [3.05, 3.63) is 47.8 Å². The average molecular weight is 272 g/mol. The second kappa shape index (κ2) is 6.26. The second-order valence-corrected chi connectivity index (χ2v) is 4.20. The van der Waals surface area contributed by atoms with Crippen LogP contribution in [-0.4, -0.2) is 24.0 Å². The molecular weight excluding hydrogens is 257 g/mol. The Bertz CT molecular complexity index is 468. The zero-order valence-corrected chi connectivity index (χ0v) is 10.7. The van der Waals surface area contributed by atoms with Crippen LogP contribution in [-0.2, 0) is 6.54 Å². The minimum Gasteiger partial charge on any atom is -0.332 e. The number of halogens is 3. The predicted octanol–water partition coefficient (Wildman–Crippen LogP) is 2.82. The molecule has 0 saturated carbocycles. The molecule has 0 saturated heterocycles. The van der Waals surface area contributed by atoms with Gasteiger partial charge in [0.1, 0.15) is 0 Å². The third-order valence-electron chi connectivity index (χ3n) is 2.51. The van der Waals surface area contributed by atoms with Gasteiger partial charge in [-0.2, -0.15) is 0 Å². The van der Waals surface area contributed by atoms with Gasteiger partial charge in [-0.1, -0.05) is 6.08 Å². The molecule has 1 N–H and O–H groups in total. The highest BCUT2D eigenvalue weighted by molar-refractivity contribution is 5.74. The lowest BCUT2D eigenvalue weighted by Gasteiger charge is -2.20. The van der Waals surface area contributed by atoms with Gasteiger partial charge in [-0.05, 0) is 24.6 Å². The van der Waals surface area contributed by atoms with Crippen molar-refractivity contribution < 1.29 is 18.0 Å². The Hall–Kier alpha value is -1.98. The summed E-state index contributed by atoms with van der Waals surface area (Å²) in [6.07, 6.45) is 1.54. The van der Waals surface area contributed by atoms with Gasteiger partial charge >= 0.3 is 6.03 Å². The van der Waals surface area contributed by atoms with E-state index in [1.807, 2.05) is 0 Å². The summed E-state index contributed by atoms with van der Waals surface area (Å²) in [5, 5.41) is 2.60. The first kappa shape index (κ1) is 15.1. The molecule has 0 aliphatic rings. The fraction of sp³-hybridized carbons (Fsp3) is 0.308. The van der Waals surface area contributed by atoms with Crippen molar-refractivity contribution in [1.82, 2.24) is 10.2 Å². The van der Waals surface area contributed by atoms with Crippen molar-refractivity contribution in [2.45, 2.75) is 19.5 Å². The quantitative estimate of drug-likeness (QED) is 0.663. The smallest absolute Gasteiger partial charge is 0.317 e. The van der Waals surface area contributed by atoms with Gasteiger partial charge in [-0.25, -0.2) is 18.0 Å². The number of carbonyl (C=O) groups excluding carboxylic acids is 1. The van der Waals surface area contributed by atoms with E-state index in [0.717, 1.165) is 12.1 Å². The molecule has 0 aromatic heterocycles. The maximum atomic E-state index is 13.0. The number of nitrogens with zero attached hydrogens (tertiary/aromatic N) is 1. The Morgan fingerprint density at radius 2 is 1.95 bits per heavy atom. The molecule has 0 heterocycles. The van der Waals surface area contributed by atoms with E-state index in [0.29, 0.717) is 0 Å². The molecule has 0 unspecified atom stereocenters. The molecule has 2 amide bonds. The Kier molecular flexibility index (Phi) is 4.97. The highest BCUT2D eigenvalue weighted by atomic mass is 19.2. The SMILES string of the molecule is C=C[C@H](C)NC(=O)N(C)Cc1cc(F)c(F)c(F)c1. The van der Waals surface area contributed by atoms with Gasteiger partial charge in [0.15, 0.2) is 17.5 Å². The molecular formula is C13H15F3N2O. The van der Waals surface area contributed by atoms with Crippen LogP contribution in [0.15, 0.2) is 24.8 Å². The van der Waals surface area contributed by atoms with Gasteiger partial charge < -0.3 is 10.2 Å². The lowest BCUT2D eigenvalue weighted by Crippen LogP contribution is -2.40. The molecule has 0 bridgehead atoms. The van der Waals surface area contributed by atoms with Gasteiger partial charge in [0.2, 0.25) is 0 Å². The average Bonchev–Trinajstić information content (AvgIpc) is 2.35. The molecule has 6 heteroatoms. The van der Waals surface area contributed by atoms with Gasteiger partial charge in [-0.3, -0.25) is 0 Å². The highest BCUT2D eigenvalue weighted by Gasteiger charge is 2.14. The monoisotopic (exact) mass is 272 g/mol. The Labute approximate surface area is 109 Å². The third kappa shape index (κ3) is 4.01. The number of nitrogens with one attached hydrogen (secondary N) is 1. The molecule has 19 heavy (non-hydrogen) atoms. The number of hydrogen-bond acceptors (Lipinski definition) is 1. The minimum atomic E-state index is -1.52. The van der Waals surface area contributed by atoms with Crippen LogP contribution in [0.25, 0.3) is 0 Å². The van der Waals surface area contributed by atoms with Crippen LogP contribution in [0.3, 0.4) is 0 Å². The molecule has 0 spiro atoms. The molecule has 0 aliphatic carbocycles. The van der Waals surface area contributed by atoms with Gasteiger partial charge in [-0.15, -0.1) is 6.58 Å². The molecule has 1 rings (SSSR count). The summed E-state index contributed by atoms with van der Waals surface area (Å²) >= 11 is 0. The van der Waals surface area contributed by atoms with E-state index < -0.39 is 23.5 Å². The zero-order valence-electron chi connectivity index (χ0n) is 10.7. The van der Waals surface area contributed by atoms with E-state index >= 15 is 0 Å². The molecule has 104 valence electrons. The molecule has 3 nitrogen and oxygen atoms in total. The highest BCUT2D eigenvalue weighted by Crippen LogP contribution is 2.14. The van der Waals surface area contributed by atoms with Crippen molar-refractivity contribution in [2.24, 2.45) is 0 Å². The van der Waals surface area contributed by atoms with Crippen LogP contribution in [0.2, 0.25) is 0 Å². The first-order valence-electron chi connectivity index (χ1n) is 5.62. The summed E-state index contributed by atoms with van der Waals surface area (Å²) in [5.41, 5.74) is 0.167. The number of carbonyl (C=O) groups is 1. The molecule has 1 atom stereocenters. The number of amides is 2. The number of urea groups is 1. The summed E-state index contributed by atoms with van der Waals surface area (Å²) in [5.74, 6) is -4.07. The Balaban J connectivity index is 2.74.